The van der Waals surface area contributed by atoms with Gasteiger partial charge in [-0.3, -0.25) is 0 Å². The van der Waals surface area contributed by atoms with Crippen LogP contribution in [0.2, 0.25) is 0 Å². The predicted molar refractivity (Wildman–Crippen MR) is 115 cm³/mol. The first-order valence-electron chi connectivity index (χ1n) is 10.6. The highest BCUT2D eigenvalue weighted by Gasteiger charge is 2.51. The number of ether oxygens (including phenoxy) is 2. The molecule has 4 rings (SSSR count). The van der Waals surface area contributed by atoms with Crippen LogP contribution in [0.5, 0.6) is 0 Å². The SMILES string of the molecule is COC(=O)C1=CN(C)C=C2C(C)=CC(C3[C@@H]4C(CO)=CC[C@@H]4C(C(=O)OC)=CN3C)C12. The van der Waals surface area contributed by atoms with Crippen molar-refractivity contribution >= 4 is 11.9 Å². The number of nitrogens with zero attached hydrogens (tertiary/aromatic N) is 2. The molecule has 7 heteroatoms. The van der Waals surface area contributed by atoms with E-state index in [-0.39, 0.29) is 48.3 Å². The van der Waals surface area contributed by atoms with E-state index < -0.39 is 0 Å². The average Bonchev–Trinajstić information content (AvgIpc) is 3.33. The fourth-order valence-corrected chi connectivity index (χ4v) is 5.89. The van der Waals surface area contributed by atoms with Gasteiger partial charge < -0.3 is 24.4 Å². The summed E-state index contributed by atoms with van der Waals surface area (Å²) in [5.41, 5.74) is 4.44. The number of allylic oxidation sites excluding steroid dienone is 3. The van der Waals surface area contributed by atoms with E-state index in [4.69, 9.17) is 9.47 Å². The van der Waals surface area contributed by atoms with Crippen LogP contribution < -0.4 is 0 Å². The van der Waals surface area contributed by atoms with Crippen molar-refractivity contribution in [2.24, 2.45) is 23.7 Å². The maximum atomic E-state index is 12.7. The Balaban J connectivity index is 1.80. The highest BCUT2D eigenvalue weighted by atomic mass is 16.5. The predicted octanol–water partition coefficient (Wildman–Crippen LogP) is 1.99. The Labute approximate surface area is 183 Å². The number of methoxy groups -OCH3 is 2. The summed E-state index contributed by atoms with van der Waals surface area (Å²) in [6.07, 6.45) is 10.8. The van der Waals surface area contributed by atoms with E-state index in [1.807, 2.05) is 37.5 Å². The normalized spacial score (nSPS) is 31.7. The molecule has 0 bridgehead atoms. The quantitative estimate of drug-likeness (QED) is 0.544. The number of rotatable bonds is 4. The average molecular weight is 427 g/mol. The molecule has 0 amide bonds. The zero-order valence-corrected chi connectivity index (χ0v) is 18.7. The van der Waals surface area contributed by atoms with Gasteiger partial charge >= 0.3 is 11.9 Å². The second kappa shape index (κ2) is 8.04. The topological polar surface area (TPSA) is 79.3 Å². The van der Waals surface area contributed by atoms with Gasteiger partial charge in [-0.15, -0.1) is 0 Å². The molecule has 2 aliphatic heterocycles. The number of carbonyl (C=O) groups is 2. The van der Waals surface area contributed by atoms with Crippen molar-refractivity contribution in [1.82, 2.24) is 9.80 Å². The summed E-state index contributed by atoms with van der Waals surface area (Å²) in [7, 11) is 6.66. The first-order chi connectivity index (χ1) is 14.8. The summed E-state index contributed by atoms with van der Waals surface area (Å²) in [5, 5.41) is 10.1. The lowest BCUT2D eigenvalue weighted by Gasteiger charge is -2.46. The van der Waals surface area contributed by atoms with E-state index in [2.05, 4.69) is 24.1 Å². The first kappa shape index (κ1) is 21.4. The molecule has 0 fully saturated rings. The number of fused-ring (bicyclic) bond motifs is 2. The van der Waals surface area contributed by atoms with Gasteiger partial charge in [0.05, 0.1) is 32.0 Å². The third kappa shape index (κ3) is 3.31. The minimum Gasteiger partial charge on any atom is -0.466 e. The van der Waals surface area contributed by atoms with Gasteiger partial charge in [0.15, 0.2) is 0 Å². The van der Waals surface area contributed by atoms with Crippen LogP contribution in [0, 0.1) is 23.7 Å². The monoisotopic (exact) mass is 426 g/mol. The van der Waals surface area contributed by atoms with E-state index in [1.165, 1.54) is 14.2 Å². The van der Waals surface area contributed by atoms with Gasteiger partial charge in [-0.1, -0.05) is 12.2 Å². The van der Waals surface area contributed by atoms with Gasteiger partial charge in [-0.05, 0) is 30.1 Å². The van der Waals surface area contributed by atoms with Gasteiger partial charge in [0.25, 0.3) is 0 Å². The standard InChI is InChI=1S/C24H30N2O5/c1-13-8-16(21-17(13)9-25(2)10-19(21)24(29)31-5)22-20-14(12-27)6-7-15(20)18(11-26(22)3)23(28)30-4/h6,8-11,15-16,20-22,27H,7,12H2,1-5H3/t15-,16?,20-,21?,22?/m1/s1. The molecule has 0 saturated carbocycles. The molecular formula is C24H30N2O5. The fraction of sp³-hybridized carbons (Fsp3) is 0.500. The molecule has 2 aliphatic carbocycles. The van der Waals surface area contributed by atoms with Crippen LogP contribution >= 0.6 is 0 Å². The van der Waals surface area contributed by atoms with Crippen LogP contribution in [0.25, 0.3) is 0 Å². The van der Waals surface area contributed by atoms with Gasteiger partial charge in [0, 0.05) is 62.4 Å². The number of carbonyl (C=O) groups excluding carboxylic acids is 2. The van der Waals surface area contributed by atoms with Crippen LogP contribution in [0.15, 0.2) is 58.6 Å². The van der Waals surface area contributed by atoms with Gasteiger partial charge in [-0.2, -0.15) is 0 Å². The molecule has 0 spiro atoms. The molecule has 31 heavy (non-hydrogen) atoms. The number of esters is 2. The molecule has 0 radical (unpaired) electrons. The van der Waals surface area contributed by atoms with Crippen molar-refractivity contribution in [3.8, 4) is 0 Å². The first-order valence-corrected chi connectivity index (χ1v) is 10.6. The maximum Gasteiger partial charge on any atom is 0.335 e. The van der Waals surface area contributed by atoms with Crippen molar-refractivity contribution in [3.05, 3.63) is 58.6 Å². The Morgan fingerprint density at radius 3 is 2.42 bits per heavy atom. The smallest absolute Gasteiger partial charge is 0.335 e. The van der Waals surface area contributed by atoms with Crippen molar-refractivity contribution < 1.29 is 24.2 Å². The summed E-state index contributed by atoms with van der Waals surface area (Å²) in [6.45, 7) is 2.02. The van der Waals surface area contributed by atoms with Crippen LogP contribution in [0.4, 0.5) is 0 Å². The van der Waals surface area contributed by atoms with Crippen molar-refractivity contribution in [2.75, 3.05) is 34.9 Å². The summed E-state index contributed by atoms with van der Waals surface area (Å²) >= 11 is 0. The third-order valence-corrected chi connectivity index (χ3v) is 7.13. The Kier molecular flexibility index (Phi) is 5.56. The molecule has 3 unspecified atom stereocenters. The van der Waals surface area contributed by atoms with Gasteiger partial charge in [0.1, 0.15) is 0 Å². The van der Waals surface area contributed by atoms with Crippen LogP contribution in [0.3, 0.4) is 0 Å². The van der Waals surface area contributed by atoms with Gasteiger partial charge in [0.2, 0.25) is 0 Å². The van der Waals surface area contributed by atoms with Crippen molar-refractivity contribution in [3.63, 3.8) is 0 Å². The molecule has 2 heterocycles. The summed E-state index contributed by atoms with van der Waals surface area (Å²) in [6, 6.07) is -0.0263. The Hall–Kier alpha value is -2.80. The number of hydrogen-bond donors (Lipinski definition) is 1. The number of aliphatic hydroxyl groups excluding tert-OH is 1. The lowest BCUT2D eigenvalue weighted by Crippen LogP contribution is -2.50. The molecule has 0 saturated heterocycles. The minimum atomic E-state index is -0.333. The van der Waals surface area contributed by atoms with E-state index in [1.54, 1.807) is 0 Å². The minimum absolute atomic E-state index is 0.00806. The second-order valence-corrected chi connectivity index (χ2v) is 8.77. The van der Waals surface area contributed by atoms with Crippen LogP contribution in [-0.4, -0.2) is 67.8 Å². The van der Waals surface area contributed by atoms with E-state index >= 15 is 0 Å². The van der Waals surface area contributed by atoms with Crippen LogP contribution in [0.1, 0.15) is 13.3 Å². The lowest BCUT2D eigenvalue weighted by molar-refractivity contribution is -0.137. The van der Waals surface area contributed by atoms with Gasteiger partial charge in [-0.25, -0.2) is 9.59 Å². The molecular weight excluding hydrogens is 396 g/mol. The third-order valence-electron chi connectivity index (χ3n) is 7.13. The molecule has 0 aromatic carbocycles. The molecule has 1 N–H and O–H groups in total. The number of aliphatic hydroxyl groups is 1. The zero-order chi connectivity index (χ0) is 22.4. The summed E-state index contributed by atoms with van der Waals surface area (Å²) in [5.74, 6) is -0.895. The second-order valence-electron chi connectivity index (χ2n) is 8.77. The fourth-order valence-electron chi connectivity index (χ4n) is 5.89. The highest BCUT2D eigenvalue weighted by Crippen LogP contribution is 2.52. The Bertz CT molecular complexity index is 957. The van der Waals surface area contributed by atoms with Crippen molar-refractivity contribution in [1.29, 1.82) is 0 Å². The van der Waals surface area contributed by atoms with E-state index in [0.717, 1.165) is 16.7 Å². The maximum absolute atomic E-state index is 12.7. The largest absolute Gasteiger partial charge is 0.466 e. The molecule has 5 atom stereocenters. The Morgan fingerprint density at radius 1 is 1.10 bits per heavy atom. The number of hydrogen-bond acceptors (Lipinski definition) is 7. The molecule has 0 aromatic heterocycles. The van der Waals surface area contributed by atoms with E-state index in [9.17, 15) is 14.7 Å². The van der Waals surface area contributed by atoms with Crippen LogP contribution in [-0.2, 0) is 19.1 Å². The molecule has 4 aliphatic rings. The zero-order valence-electron chi connectivity index (χ0n) is 18.7. The Morgan fingerprint density at radius 2 is 1.77 bits per heavy atom. The summed E-state index contributed by atoms with van der Waals surface area (Å²) in [4.78, 5) is 29.1. The summed E-state index contributed by atoms with van der Waals surface area (Å²) < 4.78 is 10.2. The lowest BCUT2D eigenvalue weighted by atomic mass is 9.69. The molecule has 7 nitrogen and oxygen atoms in total. The highest BCUT2D eigenvalue weighted by molar-refractivity contribution is 5.91. The molecule has 166 valence electrons. The van der Waals surface area contributed by atoms with E-state index in [0.29, 0.717) is 17.6 Å². The van der Waals surface area contributed by atoms with Crippen molar-refractivity contribution in [2.45, 2.75) is 19.4 Å². The molecule has 0 aromatic rings.